The summed E-state index contributed by atoms with van der Waals surface area (Å²) in [5.74, 6) is 2.05. The van der Waals surface area contributed by atoms with Gasteiger partial charge in [0.05, 0.1) is 0 Å². The first kappa shape index (κ1) is 14.8. The van der Waals surface area contributed by atoms with Crippen LogP contribution in [0.15, 0.2) is 0 Å². The van der Waals surface area contributed by atoms with E-state index in [0.29, 0.717) is 0 Å². The van der Waals surface area contributed by atoms with Crippen LogP contribution in [0.2, 0.25) is 0 Å². The van der Waals surface area contributed by atoms with E-state index in [4.69, 9.17) is 0 Å². The van der Waals surface area contributed by atoms with Gasteiger partial charge in [0.25, 0.3) is 0 Å². The van der Waals surface area contributed by atoms with Crippen molar-refractivity contribution in [1.29, 1.82) is 0 Å². The first-order valence-electron chi connectivity index (χ1n) is 8.89. The largest absolute Gasteiger partial charge is 0.306 e. The molecule has 0 radical (unpaired) electrons. The van der Waals surface area contributed by atoms with Gasteiger partial charge in [0, 0.05) is 19.1 Å². The third-order valence-corrected chi connectivity index (χ3v) is 6.00. The minimum Gasteiger partial charge on any atom is -0.306 e. The highest BCUT2D eigenvalue weighted by molar-refractivity contribution is 4.86. The lowest BCUT2D eigenvalue weighted by atomic mass is 9.83. The van der Waals surface area contributed by atoms with Gasteiger partial charge in [-0.2, -0.15) is 0 Å². The van der Waals surface area contributed by atoms with Crippen LogP contribution in [-0.2, 0) is 0 Å². The molecule has 3 rings (SSSR count). The van der Waals surface area contributed by atoms with Crippen LogP contribution in [0.1, 0.15) is 39.0 Å². The molecule has 116 valence electrons. The van der Waals surface area contributed by atoms with E-state index in [9.17, 15) is 0 Å². The van der Waals surface area contributed by atoms with Crippen molar-refractivity contribution in [2.24, 2.45) is 11.8 Å². The average Bonchev–Trinajstić information content (AvgIpc) is 2.44. The molecule has 0 unspecified atom stereocenters. The number of rotatable bonds is 4. The zero-order valence-electron chi connectivity index (χ0n) is 13.6. The second kappa shape index (κ2) is 6.76. The lowest BCUT2D eigenvalue weighted by molar-refractivity contribution is 0.0526. The van der Waals surface area contributed by atoms with E-state index in [2.05, 4.69) is 28.7 Å². The Labute approximate surface area is 125 Å². The van der Waals surface area contributed by atoms with Crippen LogP contribution in [0.25, 0.3) is 0 Å². The maximum atomic E-state index is 2.81. The van der Waals surface area contributed by atoms with Crippen molar-refractivity contribution in [1.82, 2.24) is 14.7 Å². The summed E-state index contributed by atoms with van der Waals surface area (Å²) in [7, 11) is 2.26. The van der Waals surface area contributed by atoms with Crippen LogP contribution in [0.3, 0.4) is 0 Å². The summed E-state index contributed by atoms with van der Waals surface area (Å²) in [5, 5.41) is 0. The summed E-state index contributed by atoms with van der Waals surface area (Å²) in [4.78, 5) is 7.88. The van der Waals surface area contributed by atoms with Gasteiger partial charge in [-0.15, -0.1) is 0 Å². The summed E-state index contributed by atoms with van der Waals surface area (Å²) >= 11 is 0. The van der Waals surface area contributed by atoms with Crippen LogP contribution >= 0.6 is 0 Å². The summed E-state index contributed by atoms with van der Waals surface area (Å²) in [6, 6.07) is 0.895. The van der Waals surface area contributed by atoms with Gasteiger partial charge >= 0.3 is 0 Å². The fourth-order valence-corrected chi connectivity index (χ4v) is 4.47. The maximum absolute atomic E-state index is 2.81. The molecule has 0 bridgehead atoms. The maximum Gasteiger partial charge on any atom is 0.0120 e. The first-order chi connectivity index (χ1) is 9.74. The Morgan fingerprint density at radius 3 is 2.10 bits per heavy atom. The van der Waals surface area contributed by atoms with Crippen LogP contribution < -0.4 is 0 Å². The van der Waals surface area contributed by atoms with Crippen molar-refractivity contribution in [2.75, 3.05) is 52.9 Å². The van der Waals surface area contributed by atoms with E-state index in [-0.39, 0.29) is 0 Å². The fraction of sp³-hybridized carbons (Fsp3) is 1.00. The Hall–Kier alpha value is -0.120. The Morgan fingerprint density at radius 1 is 0.850 bits per heavy atom. The van der Waals surface area contributed by atoms with Crippen LogP contribution in [-0.4, -0.2) is 73.6 Å². The van der Waals surface area contributed by atoms with Gasteiger partial charge in [-0.05, 0) is 83.7 Å². The molecular formula is C17H33N3. The first-order valence-corrected chi connectivity index (χ1v) is 8.89. The van der Waals surface area contributed by atoms with Crippen LogP contribution in [0.4, 0.5) is 0 Å². The second-order valence-corrected chi connectivity index (χ2v) is 7.47. The van der Waals surface area contributed by atoms with Crippen molar-refractivity contribution in [2.45, 2.75) is 45.1 Å². The smallest absolute Gasteiger partial charge is 0.0120 e. The zero-order chi connectivity index (χ0) is 13.9. The SMILES string of the molecule is CCN1CC(CC2CCN(C3CCN(C)CC3)CC2)C1. The van der Waals surface area contributed by atoms with Crippen molar-refractivity contribution in [3.8, 4) is 0 Å². The van der Waals surface area contributed by atoms with Crippen molar-refractivity contribution in [3.63, 3.8) is 0 Å². The average molecular weight is 279 g/mol. The molecule has 0 aromatic rings. The lowest BCUT2D eigenvalue weighted by Crippen LogP contribution is -2.49. The van der Waals surface area contributed by atoms with Crippen LogP contribution in [0, 0.1) is 11.8 Å². The highest BCUT2D eigenvalue weighted by Gasteiger charge is 2.31. The third kappa shape index (κ3) is 3.55. The van der Waals surface area contributed by atoms with E-state index in [0.717, 1.165) is 17.9 Å². The molecule has 0 atom stereocenters. The number of likely N-dealkylation sites (tertiary alicyclic amines) is 3. The monoisotopic (exact) mass is 279 g/mol. The van der Waals surface area contributed by atoms with Gasteiger partial charge in [0.2, 0.25) is 0 Å². The molecule has 0 aromatic heterocycles. The number of hydrogen-bond acceptors (Lipinski definition) is 3. The van der Waals surface area contributed by atoms with Gasteiger partial charge < -0.3 is 14.7 Å². The molecule has 0 N–H and O–H groups in total. The van der Waals surface area contributed by atoms with E-state index in [1.807, 2.05) is 0 Å². The Bertz CT molecular complexity index is 285. The van der Waals surface area contributed by atoms with Crippen molar-refractivity contribution >= 4 is 0 Å². The topological polar surface area (TPSA) is 9.72 Å². The van der Waals surface area contributed by atoms with Crippen molar-refractivity contribution < 1.29 is 0 Å². The molecule has 3 heteroatoms. The summed E-state index contributed by atoms with van der Waals surface area (Å²) < 4.78 is 0. The standard InChI is InChI=1S/C17H33N3/c1-3-19-13-16(14-19)12-15-4-10-20(11-5-15)17-6-8-18(2)9-7-17/h15-17H,3-14H2,1-2H3. The van der Waals surface area contributed by atoms with E-state index >= 15 is 0 Å². The fourth-order valence-electron chi connectivity index (χ4n) is 4.47. The van der Waals surface area contributed by atoms with Crippen LogP contribution in [0.5, 0.6) is 0 Å². The highest BCUT2D eigenvalue weighted by Crippen LogP contribution is 2.30. The van der Waals surface area contributed by atoms with E-state index in [1.54, 1.807) is 0 Å². The number of nitrogens with zero attached hydrogens (tertiary/aromatic N) is 3. The minimum absolute atomic E-state index is 0.895. The molecule has 20 heavy (non-hydrogen) atoms. The Morgan fingerprint density at radius 2 is 1.50 bits per heavy atom. The minimum atomic E-state index is 0.895. The molecular weight excluding hydrogens is 246 g/mol. The van der Waals surface area contributed by atoms with Gasteiger partial charge in [0.15, 0.2) is 0 Å². The molecule has 3 saturated heterocycles. The number of piperidine rings is 2. The van der Waals surface area contributed by atoms with Gasteiger partial charge in [-0.3, -0.25) is 0 Å². The summed E-state index contributed by atoms with van der Waals surface area (Å²) in [6.07, 6.45) is 7.24. The zero-order valence-corrected chi connectivity index (χ0v) is 13.6. The molecule has 0 amide bonds. The molecule has 3 fully saturated rings. The number of hydrogen-bond donors (Lipinski definition) is 0. The highest BCUT2D eigenvalue weighted by atomic mass is 15.2. The Kier molecular flexibility index (Phi) is 5.00. The third-order valence-electron chi connectivity index (χ3n) is 6.00. The predicted molar refractivity (Wildman–Crippen MR) is 85.0 cm³/mol. The molecule has 0 aliphatic carbocycles. The predicted octanol–water partition coefficient (Wildman–Crippen LogP) is 2.13. The molecule has 3 heterocycles. The Balaban J connectivity index is 1.35. The second-order valence-electron chi connectivity index (χ2n) is 7.47. The van der Waals surface area contributed by atoms with E-state index in [1.165, 1.54) is 77.9 Å². The molecule has 3 aliphatic rings. The van der Waals surface area contributed by atoms with Gasteiger partial charge in [-0.1, -0.05) is 6.92 Å². The summed E-state index contributed by atoms with van der Waals surface area (Å²) in [6.45, 7) is 11.7. The normalized spacial score (nSPS) is 29.7. The molecule has 0 spiro atoms. The molecule has 0 saturated carbocycles. The van der Waals surface area contributed by atoms with Crippen molar-refractivity contribution in [3.05, 3.63) is 0 Å². The quantitative estimate of drug-likeness (QED) is 0.780. The van der Waals surface area contributed by atoms with Gasteiger partial charge in [-0.25, -0.2) is 0 Å². The summed E-state index contributed by atoms with van der Waals surface area (Å²) in [5.41, 5.74) is 0. The van der Waals surface area contributed by atoms with Gasteiger partial charge in [0.1, 0.15) is 0 Å². The van der Waals surface area contributed by atoms with E-state index < -0.39 is 0 Å². The molecule has 0 aromatic carbocycles. The molecule has 3 aliphatic heterocycles. The lowest BCUT2D eigenvalue weighted by Gasteiger charge is -2.44. The molecule has 3 nitrogen and oxygen atoms in total.